The number of likely N-dealkylation sites (tertiary alicyclic amines) is 2. The van der Waals surface area contributed by atoms with Crippen LogP contribution in [0.3, 0.4) is 0 Å². The number of hydrogen-bond acceptors (Lipinski definition) is 2. The molecular weight excluding hydrogens is 293 g/mol. The van der Waals surface area contributed by atoms with Gasteiger partial charge >= 0.3 is 6.18 Å². The zero-order chi connectivity index (χ0) is 16.0. The molecule has 0 aliphatic carbocycles. The lowest BCUT2D eigenvalue weighted by atomic mass is 9.93. The van der Waals surface area contributed by atoms with E-state index in [4.69, 9.17) is 5.73 Å². The Bertz CT molecular complexity index is 356. The van der Waals surface area contributed by atoms with E-state index in [1.165, 1.54) is 24.2 Å². The van der Waals surface area contributed by atoms with E-state index in [0.29, 0.717) is 31.5 Å². The standard InChI is InChI=1S/C15H27F3N4/c16-15(17,18)12-21-10-5-13(6-11-21)4-7-20-14(19)22-8-2-1-3-9-22/h13H,1-12H2,(H2,19,20). The van der Waals surface area contributed by atoms with E-state index in [9.17, 15) is 13.2 Å². The molecule has 2 N–H and O–H groups in total. The van der Waals surface area contributed by atoms with E-state index in [2.05, 4.69) is 9.89 Å². The fourth-order valence-corrected chi connectivity index (χ4v) is 3.27. The molecule has 2 heterocycles. The molecule has 0 atom stereocenters. The minimum atomic E-state index is -4.08. The third-order valence-electron chi connectivity index (χ3n) is 4.60. The summed E-state index contributed by atoms with van der Waals surface area (Å²) in [4.78, 5) is 8.08. The lowest BCUT2D eigenvalue weighted by Crippen LogP contribution is -2.41. The second kappa shape index (κ2) is 8.04. The van der Waals surface area contributed by atoms with Crippen LogP contribution in [0.5, 0.6) is 0 Å². The zero-order valence-electron chi connectivity index (χ0n) is 13.1. The summed E-state index contributed by atoms with van der Waals surface area (Å²) in [6.07, 6.45) is 2.11. The summed E-state index contributed by atoms with van der Waals surface area (Å²) < 4.78 is 37.0. The van der Waals surface area contributed by atoms with E-state index < -0.39 is 12.7 Å². The van der Waals surface area contributed by atoms with Crippen LogP contribution in [0.4, 0.5) is 13.2 Å². The first-order valence-corrected chi connectivity index (χ1v) is 8.28. The molecule has 4 nitrogen and oxygen atoms in total. The number of nitrogens with zero attached hydrogens (tertiary/aromatic N) is 3. The van der Waals surface area contributed by atoms with Crippen LogP contribution in [0.25, 0.3) is 0 Å². The van der Waals surface area contributed by atoms with Crippen molar-refractivity contribution < 1.29 is 13.2 Å². The average molecular weight is 320 g/mol. The molecule has 0 saturated carbocycles. The van der Waals surface area contributed by atoms with Gasteiger partial charge in [-0.2, -0.15) is 13.2 Å². The molecule has 7 heteroatoms. The van der Waals surface area contributed by atoms with Crippen LogP contribution in [-0.2, 0) is 0 Å². The molecule has 0 unspecified atom stereocenters. The molecule has 22 heavy (non-hydrogen) atoms. The summed E-state index contributed by atoms with van der Waals surface area (Å²) in [5, 5.41) is 0. The van der Waals surface area contributed by atoms with Gasteiger partial charge in [0.2, 0.25) is 0 Å². The van der Waals surface area contributed by atoms with Gasteiger partial charge in [-0.3, -0.25) is 9.89 Å². The molecule has 2 aliphatic rings. The Labute approximate surface area is 130 Å². The molecule has 0 spiro atoms. The maximum absolute atomic E-state index is 12.3. The van der Waals surface area contributed by atoms with Crippen molar-refractivity contribution in [2.75, 3.05) is 39.3 Å². The number of aliphatic imine (C=N–C) groups is 1. The molecule has 2 rings (SSSR count). The summed E-state index contributed by atoms with van der Waals surface area (Å²) in [5.74, 6) is 1.11. The van der Waals surface area contributed by atoms with E-state index in [1.807, 2.05) is 0 Å². The summed E-state index contributed by atoms with van der Waals surface area (Å²) in [7, 11) is 0. The van der Waals surface area contributed by atoms with E-state index in [0.717, 1.165) is 32.4 Å². The third-order valence-corrected chi connectivity index (χ3v) is 4.60. The number of nitrogens with two attached hydrogens (primary N) is 1. The molecule has 0 aromatic rings. The SMILES string of the molecule is NC(=NCCC1CCN(CC(F)(F)F)CC1)N1CCCCC1. The van der Waals surface area contributed by atoms with Crippen molar-refractivity contribution in [2.45, 2.75) is 44.7 Å². The topological polar surface area (TPSA) is 44.9 Å². The number of hydrogen-bond donors (Lipinski definition) is 1. The van der Waals surface area contributed by atoms with E-state index in [1.54, 1.807) is 0 Å². The van der Waals surface area contributed by atoms with Gasteiger partial charge in [-0.25, -0.2) is 0 Å². The highest BCUT2D eigenvalue weighted by Crippen LogP contribution is 2.24. The quantitative estimate of drug-likeness (QED) is 0.639. The van der Waals surface area contributed by atoms with Crippen LogP contribution < -0.4 is 5.73 Å². The summed E-state index contributed by atoms with van der Waals surface area (Å²) in [5.41, 5.74) is 6.00. The van der Waals surface area contributed by atoms with Crippen molar-refractivity contribution in [3.8, 4) is 0 Å². The highest BCUT2D eigenvalue weighted by Gasteiger charge is 2.32. The number of alkyl halides is 3. The molecule has 0 aromatic heterocycles. The van der Waals surface area contributed by atoms with Crippen LogP contribution in [0.2, 0.25) is 0 Å². The van der Waals surface area contributed by atoms with Crippen LogP contribution in [0.1, 0.15) is 38.5 Å². The molecule has 0 aromatic carbocycles. The molecule has 2 aliphatic heterocycles. The van der Waals surface area contributed by atoms with Gasteiger partial charge < -0.3 is 10.6 Å². The second-order valence-corrected chi connectivity index (χ2v) is 6.41. The number of halogens is 3. The number of piperidine rings is 2. The molecule has 0 bridgehead atoms. The average Bonchev–Trinajstić information content (AvgIpc) is 2.48. The minimum Gasteiger partial charge on any atom is -0.370 e. The monoisotopic (exact) mass is 320 g/mol. The predicted octanol–water partition coefficient (Wildman–Crippen LogP) is 2.45. The lowest BCUT2D eigenvalue weighted by Gasteiger charge is -2.32. The maximum Gasteiger partial charge on any atom is 0.401 e. The van der Waals surface area contributed by atoms with E-state index in [-0.39, 0.29) is 0 Å². The van der Waals surface area contributed by atoms with Crippen LogP contribution in [0, 0.1) is 5.92 Å². The number of guanidine groups is 1. The first kappa shape index (κ1) is 17.4. The smallest absolute Gasteiger partial charge is 0.370 e. The Morgan fingerprint density at radius 2 is 1.68 bits per heavy atom. The Balaban J connectivity index is 1.64. The lowest BCUT2D eigenvalue weighted by molar-refractivity contribution is -0.148. The number of rotatable bonds is 4. The Morgan fingerprint density at radius 1 is 1.05 bits per heavy atom. The maximum atomic E-state index is 12.3. The fraction of sp³-hybridized carbons (Fsp3) is 0.933. The molecule has 2 saturated heterocycles. The van der Waals surface area contributed by atoms with Gasteiger partial charge in [0.05, 0.1) is 6.54 Å². The molecule has 128 valence electrons. The van der Waals surface area contributed by atoms with Gasteiger partial charge in [0, 0.05) is 19.6 Å². The summed E-state index contributed by atoms with van der Waals surface area (Å²) >= 11 is 0. The van der Waals surface area contributed by atoms with Crippen LogP contribution >= 0.6 is 0 Å². The van der Waals surface area contributed by atoms with Crippen molar-refractivity contribution >= 4 is 5.96 Å². The second-order valence-electron chi connectivity index (χ2n) is 6.41. The van der Waals surface area contributed by atoms with Gasteiger partial charge in [0.1, 0.15) is 0 Å². The molecule has 0 amide bonds. The summed E-state index contributed by atoms with van der Waals surface area (Å²) in [6.45, 7) is 2.97. The van der Waals surface area contributed by atoms with E-state index >= 15 is 0 Å². The highest BCUT2D eigenvalue weighted by molar-refractivity contribution is 5.78. The van der Waals surface area contributed by atoms with Crippen molar-refractivity contribution in [3.63, 3.8) is 0 Å². The van der Waals surface area contributed by atoms with Gasteiger partial charge in [0.15, 0.2) is 5.96 Å². The van der Waals surface area contributed by atoms with Crippen molar-refractivity contribution in [2.24, 2.45) is 16.6 Å². The van der Waals surface area contributed by atoms with Crippen LogP contribution in [-0.4, -0.2) is 61.2 Å². The van der Waals surface area contributed by atoms with Crippen molar-refractivity contribution in [3.05, 3.63) is 0 Å². The zero-order valence-corrected chi connectivity index (χ0v) is 13.1. The van der Waals surface area contributed by atoms with Gasteiger partial charge in [-0.15, -0.1) is 0 Å². The predicted molar refractivity (Wildman–Crippen MR) is 81.7 cm³/mol. The first-order chi connectivity index (χ1) is 10.4. The largest absolute Gasteiger partial charge is 0.401 e. The molecule has 2 fully saturated rings. The Kier molecular flexibility index (Phi) is 6.35. The third kappa shape index (κ3) is 6.02. The molecular formula is C15H27F3N4. The van der Waals surface area contributed by atoms with Gasteiger partial charge in [-0.05, 0) is 57.5 Å². The van der Waals surface area contributed by atoms with Crippen molar-refractivity contribution in [1.82, 2.24) is 9.80 Å². The van der Waals surface area contributed by atoms with Gasteiger partial charge in [-0.1, -0.05) is 0 Å². The normalized spacial score (nSPS) is 23.0. The molecule has 0 radical (unpaired) electrons. The fourth-order valence-electron chi connectivity index (χ4n) is 3.27. The van der Waals surface area contributed by atoms with Crippen LogP contribution in [0.15, 0.2) is 4.99 Å². The first-order valence-electron chi connectivity index (χ1n) is 8.28. The Morgan fingerprint density at radius 3 is 2.27 bits per heavy atom. The van der Waals surface area contributed by atoms with Crippen molar-refractivity contribution in [1.29, 1.82) is 0 Å². The highest BCUT2D eigenvalue weighted by atomic mass is 19.4. The van der Waals surface area contributed by atoms with Gasteiger partial charge in [0.25, 0.3) is 0 Å². The summed E-state index contributed by atoms with van der Waals surface area (Å²) in [6, 6.07) is 0. The Hall–Kier alpha value is -0.980. The minimum absolute atomic E-state index is 0.474.